The third-order valence-electron chi connectivity index (χ3n) is 3.21. The molecule has 25 heavy (non-hydrogen) atoms. The number of rotatable bonds is 7. The first-order chi connectivity index (χ1) is 11.9. The van der Waals surface area contributed by atoms with Crippen molar-refractivity contribution in [2.45, 2.75) is 31.3 Å². The Morgan fingerprint density at radius 1 is 1.28 bits per heavy atom. The Balaban J connectivity index is 1.99. The van der Waals surface area contributed by atoms with Gasteiger partial charge in [0.15, 0.2) is 22.6 Å². The van der Waals surface area contributed by atoms with Crippen molar-refractivity contribution in [2.24, 2.45) is 0 Å². The first kappa shape index (κ1) is 19.0. The minimum Gasteiger partial charge on any atom is -0.323 e. The third kappa shape index (κ3) is 5.35. The molecule has 0 aliphatic heterocycles. The zero-order chi connectivity index (χ0) is 18.4. The predicted molar refractivity (Wildman–Crippen MR) is 89.1 cm³/mol. The molecule has 2 N–H and O–H groups in total. The number of aryl methyl sites for hydroxylation is 1. The molecular formula is C16H16F3N3O2S. The van der Waals surface area contributed by atoms with E-state index in [-0.39, 0.29) is 16.5 Å². The fourth-order valence-electron chi connectivity index (χ4n) is 1.98. The highest BCUT2D eigenvalue weighted by atomic mass is 32.2. The highest BCUT2D eigenvalue weighted by Crippen LogP contribution is 2.20. The number of hydrogen-bond donors (Lipinski definition) is 2. The summed E-state index contributed by atoms with van der Waals surface area (Å²) in [6, 6.07) is 3.05. The second-order valence-corrected chi connectivity index (χ2v) is 6.17. The maximum absolute atomic E-state index is 13.5. The van der Waals surface area contributed by atoms with E-state index in [2.05, 4.69) is 15.3 Å². The van der Waals surface area contributed by atoms with Crippen LogP contribution < -0.4 is 10.9 Å². The number of nitrogens with one attached hydrogen (secondary N) is 2. The van der Waals surface area contributed by atoms with Crippen LogP contribution in [0.3, 0.4) is 0 Å². The van der Waals surface area contributed by atoms with Gasteiger partial charge in [-0.1, -0.05) is 25.1 Å². The van der Waals surface area contributed by atoms with Crippen molar-refractivity contribution in [1.29, 1.82) is 0 Å². The van der Waals surface area contributed by atoms with Crippen LogP contribution in [0, 0.1) is 17.5 Å². The Morgan fingerprint density at radius 3 is 2.76 bits per heavy atom. The second kappa shape index (κ2) is 8.70. The number of aromatic nitrogens is 2. The van der Waals surface area contributed by atoms with Crippen molar-refractivity contribution >= 4 is 23.4 Å². The standard InChI is InChI=1S/C16H16F3N3O2S/c1-2-3-4-9-7-12(23)22-16(20-9)25-8-13(24)21-11-6-5-10(17)14(18)15(11)19/h5-7H,2-4,8H2,1H3,(H,21,24)(H,20,22,23). The van der Waals surface area contributed by atoms with Gasteiger partial charge in [0.05, 0.1) is 11.4 Å². The number of amides is 1. The average Bonchev–Trinajstić information content (AvgIpc) is 2.58. The number of H-pyrrole nitrogens is 1. The SMILES string of the molecule is CCCCc1cc(=O)[nH]c(SCC(=O)Nc2ccc(F)c(F)c2F)n1. The molecule has 9 heteroatoms. The molecule has 0 fully saturated rings. The molecule has 0 unspecified atom stereocenters. The second-order valence-electron chi connectivity index (χ2n) is 5.21. The van der Waals surface area contributed by atoms with E-state index < -0.39 is 29.0 Å². The highest BCUT2D eigenvalue weighted by molar-refractivity contribution is 7.99. The van der Waals surface area contributed by atoms with E-state index in [0.29, 0.717) is 12.1 Å². The van der Waals surface area contributed by atoms with Gasteiger partial charge < -0.3 is 10.3 Å². The van der Waals surface area contributed by atoms with Crippen molar-refractivity contribution in [3.05, 3.63) is 51.7 Å². The van der Waals surface area contributed by atoms with Gasteiger partial charge in [-0.25, -0.2) is 18.2 Å². The van der Waals surface area contributed by atoms with Crippen molar-refractivity contribution < 1.29 is 18.0 Å². The molecular weight excluding hydrogens is 355 g/mol. The molecule has 0 saturated heterocycles. The molecule has 0 atom stereocenters. The number of hydrogen-bond acceptors (Lipinski definition) is 4. The largest absolute Gasteiger partial charge is 0.323 e. The van der Waals surface area contributed by atoms with Crippen molar-refractivity contribution in [1.82, 2.24) is 9.97 Å². The van der Waals surface area contributed by atoms with E-state index in [1.807, 2.05) is 6.92 Å². The van der Waals surface area contributed by atoms with Crippen molar-refractivity contribution in [3.8, 4) is 0 Å². The molecule has 0 radical (unpaired) electrons. The Morgan fingerprint density at radius 2 is 2.04 bits per heavy atom. The molecule has 0 aliphatic carbocycles. The summed E-state index contributed by atoms with van der Waals surface area (Å²) >= 11 is 0.954. The molecule has 1 aromatic carbocycles. The summed E-state index contributed by atoms with van der Waals surface area (Å²) < 4.78 is 39.5. The monoisotopic (exact) mass is 371 g/mol. The van der Waals surface area contributed by atoms with Gasteiger partial charge in [0, 0.05) is 11.8 Å². The third-order valence-corrected chi connectivity index (χ3v) is 4.08. The van der Waals surface area contributed by atoms with Crippen LogP contribution in [0.2, 0.25) is 0 Å². The molecule has 5 nitrogen and oxygen atoms in total. The number of anilines is 1. The molecule has 1 aromatic heterocycles. The Bertz CT molecular complexity index is 827. The lowest BCUT2D eigenvalue weighted by atomic mass is 10.2. The van der Waals surface area contributed by atoms with E-state index in [1.54, 1.807) is 0 Å². The van der Waals surface area contributed by atoms with E-state index in [9.17, 15) is 22.8 Å². The van der Waals surface area contributed by atoms with Crippen LogP contribution in [-0.4, -0.2) is 21.6 Å². The summed E-state index contributed by atoms with van der Waals surface area (Å²) in [6.07, 6.45) is 2.50. The zero-order valence-corrected chi connectivity index (χ0v) is 14.2. The molecule has 0 saturated carbocycles. The van der Waals surface area contributed by atoms with Gasteiger partial charge in [-0.3, -0.25) is 9.59 Å². The van der Waals surface area contributed by atoms with E-state index >= 15 is 0 Å². The normalized spacial score (nSPS) is 10.7. The summed E-state index contributed by atoms with van der Waals surface area (Å²) in [5, 5.41) is 2.41. The Kier molecular flexibility index (Phi) is 6.63. The zero-order valence-electron chi connectivity index (χ0n) is 13.4. The van der Waals surface area contributed by atoms with Gasteiger partial charge >= 0.3 is 0 Å². The number of aromatic amines is 1. The summed E-state index contributed by atoms with van der Waals surface area (Å²) in [4.78, 5) is 30.2. The lowest BCUT2D eigenvalue weighted by Gasteiger charge is -2.07. The van der Waals surface area contributed by atoms with Gasteiger partial charge in [-0.2, -0.15) is 0 Å². The molecule has 2 aromatic rings. The Hall–Kier alpha value is -2.29. The van der Waals surface area contributed by atoms with Crippen LogP contribution in [-0.2, 0) is 11.2 Å². The fourth-order valence-corrected chi connectivity index (χ4v) is 2.67. The molecule has 0 bridgehead atoms. The van der Waals surface area contributed by atoms with Crippen molar-refractivity contribution in [2.75, 3.05) is 11.1 Å². The maximum Gasteiger partial charge on any atom is 0.251 e. The van der Waals surface area contributed by atoms with Crippen LogP contribution in [0.4, 0.5) is 18.9 Å². The number of carbonyl (C=O) groups excluding carboxylic acids is 1. The predicted octanol–water partition coefficient (Wildman–Crippen LogP) is 3.26. The first-order valence-corrected chi connectivity index (χ1v) is 8.55. The topological polar surface area (TPSA) is 74.8 Å². The average molecular weight is 371 g/mol. The van der Waals surface area contributed by atoms with E-state index in [0.717, 1.165) is 36.7 Å². The number of thioether (sulfide) groups is 1. The first-order valence-electron chi connectivity index (χ1n) is 7.57. The quantitative estimate of drug-likeness (QED) is 0.445. The van der Waals surface area contributed by atoms with Crippen LogP contribution in [0.15, 0.2) is 28.2 Å². The molecule has 2 rings (SSSR count). The minimum absolute atomic E-state index is 0.182. The van der Waals surface area contributed by atoms with Crippen LogP contribution >= 0.6 is 11.8 Å². The lowest BCUT2D eigenvalue weighted by molar-refractivity contribution is -0.113. The summed E-state index contributed by atoms with van der Waals surface area (Å²) in [5.41, 5.74) is -0.154. The lowest BCUT2D eigenvalue weighted by Crippen LogP contribution is -2.17. The smallest absolute Gasteiger partial charge is 0.251 e. The van der Waals surface area contributed by atoms with Crippen LogP contribution in [0.25, 0.3) is 0 Å². The molecule has 0 aliphatic rings. The summed E-state index contributed by atoms with van der Waals surface area (Å²) in [5.74, 6) is -5.28. The highest BCUT2D eigenvalue weighted by Gasteiger charge is 2.15. The van der Waals surface area contributed by atoms with Gasteiger partial charge in [0.1, 0.15) is 0 Å². The minimum atomic E-state index is -1.65. The number of benzene rings is 1. The van der Waals surface area contributed by atoms with E-state index in [4.69, 9.17) is 0 Å². The number of carbonyl (C=O) groups is 1. The Labute approximate surface area is 146 Å². The molecule has 134 valence electrons. The van der Waals surface area contributed by atoms with Crippen LogP contribution in [0.1, 0.15) is 25.5 Å². The van der Waals surface area contributed by atoms with E-state index in [1.165, 1.54) is 6.07 Å². The fraction of sp³-hybridized carbons (Fsp3) is 0.312. The van der Waals surface area contributed by atoms with Crippen molar-refractivity contribution in [3.63, 3.8) is 0 Å². The number of unbranched alkanes of at least 4 members (excludes halogenated alkanes) is 1. The summed E-state index contributed by atoms with van der Waals surface area (Å²) in [6.45, 7) is 2.02. The molecule has 1 heterocycles. The molecule has 1 amide bonds. The molecule has 0 spiro atoms. The number of halogens is 3. The van der Waals surface area contributed by atoms with Gasteiger partial charge in [0.25, 0.3) is 5.56 Å². The van der Waals surface area contributed by atoms with Gasteiger partial charge in [0.2, 0.25) is 5.91 Å². The van der Waals surface area contributed by atoms with Crippen LogP contribution in [0.5, 0.6) is 0 Å². The van der Waals surface area contributed by atoms with Gasteiger partial charge in [-0.05, 0) is 25.0 Å². The summed E-state index contributed by atoms with van der Waals surface area (Å²) in [7, 11) is 0. The maximum atomic E-state index is 13.5. The van der Waals surface area contributed by atoms with Gasteiger partial charge in [-0.15, -0.1) is 0 Å². The number of nitrogens with zero attached hydrogens (tertiary/aromatic N) is 1.